The number of aromatic nitrogens is 4. The van der Waals surface area contributed by atoms with Crippen molar-refractivity contribution in [1.82, 2.24) is 30.8 Å². The maximum Gasteiger partial charge on any atom is 0.245 e. The second-order valence-electron chi connectivity index (χ2n) is 6.52. The Morgan fingerprint density at radius 1 is 1.50 bits per heavy atom. The number of carbonyl (C=O) groups is 1. The number of hydrogen-bond donors (Lipinski definition) is 2. The summed E-state index contributed by atoms with van der Waals surface area (Å²) in [5.74, 6) is 0.0711. The van der Waals surface area contributed by atoms with Crippen molar-refractivity contribution in [2.45, 2.75) is 51.2 Å². The van der Waals surface area contributed by atoms with Crippen LogP contribution in [-0.2, 0) is 11.2 Å². The maximum atomic E-state index is 13.5. The Balaban J connectivity index is 0.00000243. The van der Waals surface area contributed by atoms with Crippen LogP contribution in [-0.4, -0.2) is 44.7 Å². The summed E-state index contributed by atoms with van der Waals surface area (Å²) in [6.45, 7) is 4.77. The monoisotopic (exact) mass is 382 g/mol. The summed E-state index contributed by atoms with van der Waals surface area (Å²) in [5.41, 5.74) is 0.727. The largest absolute Gasteiger partial charge is 0.350 e. The Hall–Kier alpha value is -2.06. The van der Waals surface area contributed by atoms with Crippen molar-refractivity contribution in [3.8, 4) is 0 Å². The highest BCUT2D eigenvalue weighted by Gasteiger charge is 2.29. The zero-order valence-corrected chi connectivity index (χ0v) is 15.7. The Morgan fingerprint density at radius 2 is 2.31 bits per heavy atom. The van der Waals surface area contributed by atoms with E-state index in [9.17, 15) is 9.18 Å². The van der Waals surface area contributed by atoms with Gasteiger partial charge in [-0.1, -0.05) is 12.1 Å². The molecular weight excluding hydrogens is 359 g/mol. The van der Waals surface area contributed by atoms with Crippen molar-refractivity contribution in [3.63, 3.8) is 0 Å². The molecule has 1 aliphatic rings. The van der Waals surface area contributed by atoms with E-state index in [1.54, 1.807) is 19.1 Å². The van der Waals surface area contributed by atoms with Gasteiger partial charge in [0.2, 0.25) is 5.91 Å². The van der Waals surface area contributed by atoms with Crippen LogP contribution < -0.4 is 10.6 Å². The fourth-order valence-corrected chi connectivity index (χ4v) is 3.22. The van der Waals surface area contributed by atoms with E-state index in [4.69, 9.17) is 0 Å². The zero-order valence-electron chi connectivity index (χ0n) is 14.9. The van der Waals surface area contributed by atoms with E-state index >= 15 is 0 Å². The average molecular weight is 383 g/mol. The van der Waals surface area contributed by atoms with Crippen LogP contribution in [0.15, 0.2) is 24.3 Å². The van der Waals surface area contributed by atoms with Gasteiger partial charge in [-0.05, 0) is 61.4 Å². The van der Waals surface area contributed by atoms with Crippen molar-refractivity contribution in [2.24, 2.45) is 0 Å². The molecule has 1 amide bonds. The molecule has 0 radical (unpaired) electrons. The smallest absolute Gasteiger partial charge is 0.245 e. The van der Waals surface area contributed by atoms with Crippen molar-refractivity contribution in [2.75, 3.05) is 6.54 Å². The topological polar surface area (TPSA) is 84.7 Å². The summed E-state index contributed by atoms with van der Waals surface area (Å²) in [4.78, 5) is 12.9. The summed E-state index contributed by atoms with van der Waals surface area (Å²) >= 11 is 0. The van der Waals surface area contributed by atoms with Gasteiger partial charge in [-0.25, -0.2) is 9.07 Å². The fraction of sp³-hybridized carbons (Fsp3) is 0.529. The summed E-state index contributed by atoms with van der Waals surface area (Å²) < 4.78 is 15.0. The second kappa shape index (κ2) is 9.05. The van der Waals surface area contributed by atoms with Crippen LogP contribution >= 0.6 is 12.4 Å². The number of nitrogens with one attached hydrogen (secondary N) is 2. The molecule has 2 aromatic rings. The van der Waals surface area contributed by atoms with Crippen LogP contribution in [0.3, 0.4) is 0 Å². The SMILES string of the molecule is Cc1nnnn1C(Cc1cccc(F)c1)C(=O)NC1CCCNC1C.Cl. The van der Waals surface area contributed by atoms with Crippen LogP contribution in [0.4, 0.5) is 4.39 Å². The fourth-order valence-electron chi connectivity index (χ4n) is 3.22. The van der Waals surface area contributed by atoms with E-state index in [1.807, 2.05) is 0 Å². The average Bonchev–Trinajstić information content (AvgIpc) is 3.00. The Bertz CT molecular complexity index is 740. The first-order valence-corrected chi connectivity index (χ1v) is 8.57. The lowest BCUT2D eigenvalue weighted by molar-refractivity contribution is -0.125. The number of amides is 1. The standard InChI is InChI=1S/C17H23FN6O.ClH/c1-11-15(7-4-8-19-11)20-17(25)16(24-12(2)21-22-23-24)10-13-5-3-6-14(18)9-13;/h3,5-6,9,11,15-16,19H,4,7-8,10H2,1-2H3,(H,20,25);1H. The molecule has 26 heavy (non-hydrogen) atoms. The highest BCUT2D eigenvalue weighted by atomic mass is 35.5. The molecule has 1 aromatic heterocycles. The first-order chi connectivity index (χ1) is 12.0. The van der Waals surface area contributed by atoms with Crippen molar-refractivity contribution >= 4 is 18.3 Å². The number of nitrogens with zero attached hydrogens (tertiary/aromatic N) is 4. The molecule has 1 saturated heterocycles. The third-order valence-corrected chi connectivity index (χ3v) is 4.66. The molecule has 2 heterocycles. The molecule has 3 unspecified atom stereocenters. The lowest BCUT2D eigenvalue weighted by Gasteiger charge is -2.32. The van der Waals surface area contributed by atoms with E-state index in [1.165, 1.54) is 16.8 Å². The van der Waals surface area contributed by atoms with Gasteiger partial charge in [0.1, 0.15) is 17.7 Å². The quantitative estimate of drug-likeness (QED) is 0.820. The lowest BCUT2D eigenvalue weighted by Crippen LogP contribution is -2.53. The molecule has 2 N–H and O–H groups in total. The van der Waals surface area contributed by atoms with Crippen molar-refractivity contribution in [1.29, 1.82) is 0 Å². The van der Waals surface area contributed by atoms with Crippen LogP contribution in [0.5, 0.6) is 0 Å². The molecule has 1 aliphatic heterocycles. The number of benzene rings is 1. The van der Waals surface area contributed by atoms with Gasteiger partial charge >= 0.3 is 0 Å². The molecule has 0 bridgehead atoms. The van der Waals surface area contributed by atoms with Gasteiger partial charge in [0.15, 0.2) is 0 Å². The van der Waals surface area contributed by atoms with Crippen LogP contribution in [0, 0.1) is 12.7 Å². The lowest BCUT2D eigenvalue weighted by atomic mass is 9.98. The number of carbonyl (C=O) groups excluding carboxylic acids is 1. The molecule has 142 valence electrons. The molecule has 1 aromatic carbocycles. The Labute approximate surface area is 158 Å². The van der Waals surface area contributed by atoms with Gasteiger partial charge in [0, 0.05) is 18.5 Å². The minimum absolute atomic E-state index is 0. The summed E-state index contributed by atoms with van der Waals surface area (Å²) in [6, 6.07) is 5.91. The van der Waals surface area contributed by atoms with Crippen LogP contribution in [0.1, 0.15) is 37.2 Å². The number of hydrogen-bond acceptors (Lipinski definition) is 5. The zero-order chi connectivity index (χ0) is 17.8. The minimum atomic E-state index is -0.620. The first-order valence-electron chi connectivity index (χ1n) is 8.57. The van der Waals surface area contributed by atoms with Gasteiger partial charge in [-0.15, -0.1) is 17.5 Å². The number of rotatable bonds is 5. The summed E-state index contributed by atoms with van der Waals surface area (Å²) in [7, 11) is 0. The normalized spacial score (nSPS) is 20.9. The Morgan fingerprint density at radius 3 is 2.96 bits per heavy atom. The third kappa shape index (κ3) is 4.76. The highest BCUT2D eigenvalue weighted by Crippen LogP contribution is 2.17. The molecule has 9 heteroatoms. The number of halogens is 2. The predicted octanol–water partition coefficient (Wildman–Crippen LogP) is 1.58. The van der Waals surface area contributed by atoms with E-state index in [2.05, 4.69) is 33.1 Å². The number of tetrazole rings is 1. The van der Waals surface area contributed by atoms with Crippen molar-refractivity contribution in [3.05, 3.63) is 41.5 Å². The van der Waals surface area contributed by atoms with E-state index in [0.717, 1.165) is 24.9 Å². The number of aryl methyl sites for hydroxylation is 1. The van der Waals surface area contributed by atoms with Gasteiger partial charge in [-0.2, -0.15) is 0 Å². The molecule has 0 saturated carbocycles. The number of piperidine rings is 1. The predicted molar refractivity (Wildman–Crippen MR) is 97.6 cm³/mol. The molecule has 7 nitrogen and oxygen atoms in total. The van der Waals surface area contributed by atoms with Gasteiger partial charge in [-0.3, -0.25) is 4.79 Å². The van der Waals surface area contributed by atoms with Gasteiger partial charge in [0.05, 0.1) is 0 Å². The maximum absolute atomic E-state index is 13.5. The molecule has 3 atom stereocenters. The van der Waals surface area contributed by atoms with Crippen molar-refractivity contribution < 1.29 is 9.18 Å². The molecule has 1 fully saturated rings. The van der Waals surface area contributed by atoms with E-state index < -0.39 is 6.04 Å². The highest BCUT2D eigenvalue weighted by molar-refractivity contribution is 5.85. The van der Waals surface area contributed by atoms with Crippen LogP contribution in [0.25, 0.3) is 0 Å². The minimum Gasteiger partial charge on any atom is -0.350 e. The first kappa shape index (κ1) is 20.3. The van der Waals surface area contributed by atoms with E-state index in [-0.39, 0.29) is 36.2 Å². The molecular formula is C17H24ClFN6O. The van der Waals surface area contributed by atoms with Crippen LogP contribution in [0.2, 0.25) is 0 Å². The molecule has 3 rings (SSSR count). The summed E-state index contributed by atoms with van der Waals surface area (Å²) in [6.07, 6.45) is 2.28. The summed E-state index contributed by atoms with van der Waals surface area (Å²) in [5, 5.41) is 17.9. The molecule has 0 aliphatic carbocycles. The third-order valence-electron chi connectivity index (χ3n) is 4.66. The Kier molecular flexibility index (Phi) is 7.05. The molecule has 0 spiro atoms. The van der Waals surface area contributed by atoms with Gasteiger partial charge < -0.3 is 10.6 Å². The van der Waals surface area contributed by atoms with Gasteiger partial charge in [0.25, 0.3) is 0 Å². The van der Waals surface area contributed by atoms with E-state index in [0.29, 0.717) is 12.2 Å². The second-order valence-corrected chi connectivity index (χ2v) is 6.52.